The van der Waals surface area contributed by atoms with E-state index in [1.165, 1.54) is 12.1 Å². The summed E-state index contributed by atoms with van der Waals surface area (Å²) in [7, 11) is -4.48. The van der Waals surface area contributed by atoms with E-state index < -0.39 is 55.1 Å². The van der Waals surface area contributed by atoms with Gasteiger partial charge in [-0.25, -0.2) is 18.1 Å². The van der Waals surface area contributed by atoms with E-state index in [9.17, 15) is 26.4 Å². The maximum Gasteiger partial charge on any atom is 0.393 e. The first kappa shape index (κ1) is 23.0. The first-order chi connectivity index (χ1) is 13.9. The van der Waals surface area contributed by atoms with Crippen molar-refractivity contribution in [3.8, 4) is 5.75 Å². The average Bonchev–Trinajstić information content (AvgIpc) is 3.36. The van der Waals surface area contributed by atoms with Crippen LogP contribution in [0.2, 0.25) is 15.5 Å². The van der Waals surface area contributed by atoms with Crippen molar-refractivity contribution in [2.45, 2.75) is 30.5 Å². The molecule has 30 heavy (non-hydrogen) atoms. The number of halogens is 6. The molecule has 1 N–H and O–H groups in total. The molecule has 1 aromatic heterocycles. The number of carbonyl (C=O) groups is 1. The van der Waals surface area contributed by atoms with Crippen LogP contribution in [0, 0.1) is 5.92 Å². The average molecular weight is 507 g/mol. The highest BCUT2D eigenvalue weighted by molar-refractivity contribution is 7.90. The van der Waals surface area contributed by atoms with Gasteiger partial charge in [0.25, 0.3) is 15.9 Å². The molecule has 0 spiro atoms. The van der Waals surface area contributed by atoms with E-state index in [2.05, 4.69) is 4.98 Å². The molecule has 1 aromatic carbocycles. The van der Waals surface area contributed by atoms with E-state index in [0.717, 1.165) is 10.6 Å². The Bertz CT molecular complexity index is 1110. The summed E-state index contributed by atoms with van der Waals surface area (Å²) in [5.41, 5.74) is -0.629. The van der Waals surface area contributed by atoms with Crippen molar-refractivity contribution in [1.29, 1.82) is 0 Å². The van der Waals surface area contributed by atoms with E-state index in [1.54, 1.807) is 11.6 Å². The number of imidazole rings is 1. The first-order valence-electron chi connectivity index (χ1n) is 8.36. The summed E-state index contributed by atoms with van der Waals surface area (Å²) in [5.74, 6) is -2.75. The molecule has 1 aliphatic rings. The van der Waals surface area contributed by atoms with Crippen LogP contribution in [0.15, 0.2) is 23.1 Å². The van der Waals surface area contributed by atoms with Crippen molar-refractivity contribution in [1.82, 2.24) is 14.3 Å². The molecule has 1 amide bonds. The lowest BCUT2D eigenvalue weighted by atomic mass is 10.3. The largest absolute Gasteiger partial charge is 0.494 e. The van der Waals surface area contributed by atoms with Gasteiger partial charge in [0.15, 0.2) is 5.69 Å². The highest BCUT2D eigenvalue weighted by atomic mass is 35.5. The zero-order valence-corrected chi connectivity index (χ0v) is 18.1. The number of hydrogen-bond donors (Lipinski definition) is 1. The maximum atomic E-state index is 12.8. The number of aromatic nitrogens is 2. The summed E-state index contributed by atoms with van der Waals surface area (Å²) < 4.78 is 71.5. The molecule has 2 atom stereocenters. The molecule has 1 heterocycles. The van der Waals surface area contributed by atoms with E-state index in [-0.39, 0.29) is 23.8 Å². The lowest BCUT2D eigenvalue weighted by Gasteiger charge is -2.10. The summed E-state index contributed by atoms with van der Waals surface area (Å²) in [5, 5.41) is -1.14. The predicted octanol–water partition coefficient (Wildman–Crippen LogP) is 4.48. The fourth-order valence-corrected chi connectivity index (χ4v) is 4.94. The Morgan fingerprint density at radius 1 is 1.33 bits per heavy atom. The van der Waals surface area contributed by atoms with Gasteiger partial charge in [0.05, 0.1) is 17.5 Å². The van der Waals surface area contributed by atoms with Crippen molar-refractivity contribution in [3.63, 3.8) is 0 Å². The molecule has 0 unspecified atom stereocenters. The zero-order chi connectivity index (χ0) is 22.4. The summed E-state index contributed by atoms with van der Waals surface area (Å²) in [6.45, 7) is 1.95. The smallest absolute Gasteiger partial charge is 0.393 e. The fraction of sp³-hybridized carbons (Fsp3) is 0.375. The maximum absolute atomic E-state index is 12.8. The van der Waals surface area contributed by atoms with E-state index in [1.807, 2.05) is 0 Å². The minimum Gasteiger partial charge on any atom is -0.494 e. The van der Waals surface area contributed by atoms with Gasteiger partial charge in [-0.3, -0.25) is 4.79 Å². The second kappa shape index (κ2) is 8.10. The van der Waals surface area contributed by atoms with Crippen LogP contribution >= 0.6 is 34.8 Å². The van der Waals surface area contributed by atoms with Gasteiger partial charge in [-0.05, 0) is 37.1 Å². The Morgan fingerprint density at radius 2 is 2.00 bits per heavy atom. The van der Waals surface area contributed by atoms with E-state index in [0.29, 0.717) is 0 Å². The summed E-state index contributed by atoms with van der Waals surface area (Å²) in [6.07, 6.45) is -4.74. The van der Waals surface area contributed by atoms with Gasteiger partial charge < -0.3 is 9.30 Å². The standard InChI is InChI=1S/C16H13Cl3F3N3O4S/c1-2-29-7-3-4-9(17)11(5-7)30(27,28)24-14(26)12-13(18)25(15(19)23-12)10-6-8(10)16(20,21)22/h3-5,8,10H,2,6H2,1H3,(H,24,26)/t8-,10-/m1/s1. The number of nitrogens with one attached hydrogen (secondary N) is 1. The van der Waals surface area contributed by atoms with Gasteiger partial charge in [-0.15, -0.1) is 0 Å². The molecule has 1 fully saturated rings. The Morgan fingerprint density at radius 3 is 2.57 bits per heavy atom. The number of ether oxygens (including phenoxy) is 1. The van der Waals surface area contributed by atoms with E-state index >= 15 is 0 Å². The number of amides is 1. The van der Waals surface area contributed by atoms with Crippen LogP contribution in [0.25, 0.3) is 0 Å². The number of rotatable bonds is 6. The number of benzene rings is 1. The normalized spacial score (nSPS) is 18.9. The molecule has 14 heteroatoms. The molecule has 0 bridgehead atoms. The minimum absolute atomic E-state index is 0.181. The van der Waals surface area contributed by atoms with Crippen LogP contribution < -0.4 is 9.46 Å². The molecule has 0 aliphatic heterocycles. The molecule has 164 valence electrons. The Hall–Kier alpha value is -1.69. The predicted molar refractivity (Wildman–Crippen MR) is 103 cm³/mol. The molecule has 0 saturated heterocycles. The van der Waals surface area contributed by atoms with Crippen LogP contribution in [-0.4, -0.2) is 36.7 Å². The van der Waals surface area contributed by atoms with Crippen molar-refractivity contribution in [2.75, 3.05) is 6.61 Å². The van der Waals surface area contributed by atoms with Gasteiger partial charge in [0, 0.05) is 12.1 Å². The summed E-state index contributed by atoms with van der Waals surface area (Å²) in [4.78, 5) is 15.6. The molecular weight excluding hydrogens is 494 g/mol. The van der Waals surface area contributed by atoms with Crippen LogP contribution in [-0.2, 0) is 10.0 Å². The van der Waals surface area contributed by atoms with Crippen molar-refractivity contribution in [3.05, 3.63) is 39.4 Å². The highest BCUT2D eigenvalue weighted by Gasteiger charge is 2.58. The van der Waals surface area contributed by atoms with Crippen LogP contribution in [0.1, 0.15) is 29.9 Å². The van der Waals surface area contributed by atoms with Crippen molar-refractivity contribution < 1.29 is 31.1 Å². The Kier molecular flexibility index (Phi) is 6.21. The number of alkyl halides is 3. The molecule has 1 aliphatic carbocycles. The zero-order valence-electron chi connectivity index (χ0n) is 15.0. The number of hydrogen-bond acceptors (Lipinski definition) is 5. The third-order valence-electron chi connectivity index (χ3n) is 4.26. The topological polar surface area (TPSA) is 90.3 Å². The molecule has 1 saturated carbocycles. The SMILES string of the molecule is CCOc1ccc(Cl)c(S(=O)(=O)NC(=O)c2nc(Cl)n([C@@H]3C[C@H]3C(F)(F)F)c2Cl)c1. The molecule has 2 aromatic rings. The van der Waals surface area contributed by atoms with E-state index in [4.69, 9.17) is 39.5 Å². The Balaban J connectivity index is 1.87. The monoisotopic (exact) mass is 505 g/mol. The second-order valence-electron chi connectivity index (χ2n) is 6.30. The molecule has 0 radical (unpaired) electrons. The first-order valence-corrected chi connectivity index (χ1v) is 11.0. The minimum atomic E-state index is -4.48. The quantitative estimate of drug-likeness (QED) is 0.624. The van der Waals surface area contributed by atoms with Crippen LogP contribution in [0.4, 0.5) is 13.2 Å². The summed E-state index contributed by atoms with van der Waals surface area (Å²) >= 11 is 17.8. The Labute approximate surface area is 184 Å². The lowest BCUT2D eigenvalue weighted by Crippen LogP contribution is -2.31. The van der Waals surface area contributed by atoms with Crippen LogP contribution in [0.3, 0.4) is 0 Å². The van der Waals surface area contributed by atoms with Gasteiger partial charge in [0.1, 0.15) is 15.8 Å². The third-order valence-corrected chi connectivity index (χ3v) is 6.70. The fourth-order valence-electron chi connectivity index (χ4n) is 2.80. The lowest BCUT2D eigenvalue weighted by molar-refractivity contribution is -0.150. The third kappa shape index (κ3) is 4.48. The number of nitrogens with zero attached hydrogens (tertiary/aromatic N) is 2. The van der Waals surface area contributed by atoms with Gasteiger partial charge >= 0.3 is 6.18 Å². The second-order valence-corrected chi connectivity index (χ2v) is 9.06. The molecular formula is C16H13Cl3F3N3O4S. The van der Waals surface area contributed by atoms with Gasteiger partial charge in [-0.1, -0.05) is 23.2 Å². The number of sulfonamides is 1. The molecule has 3 rings (SSSR count). The summed E-state index contributed by atoms with van der Waals surface area (Å²) in [6, 6.07) is 2.71. The van der Waals surface area contributed by atoms with Gasteiger partial charge in [0.2, 0.25) is 5.28 Å². The van der Waals surface area contributed by atoms with Crippen LogP contribution in [0.5, 0.6) is 5.75 Å². The van der Waals surface area contributed by atoms with Crippen molar-refractivity contribution >= 4 is 50.7 Å². The van der Waals surface area contributed by atoms with Gasteiger partial charge in [-0.2, -0.15) is 13.2 Å². The number of carbonyl (C=O) groups excluding carboxylic acids is 1. The van der Waals surface area contributed by atoms with Crippen molar-refractivity contribution in [2.24, 2.45) is 5.92 Å². The highest BCUT2D eigenvalue weighted by Crippen LogP contribution is 2.55. The molecule has 7 nitrogen and oxygen atoms in total.